The van der Waals surface area contributed by atoms with Crippen LogP contribution in [0.2, 0.25) is 0 Å². The molecule has 0 atom stereocenters. The average Bonchev–Trinajstić information content (AvgIpc) is 3.02. The van der Waals surface area contributed by atoms with Crippen molar-refractivity contribution < 1.29 is 13.2 Å². The second-order valence-corrected chi connectivity index (χ2v) is 6.08. The first-order valence-electron chi connectivity index (χ1n) is 7.41. The molecule has 0 amide bonds. The van der Waals surface area contributed by atoms with E-state index in [1.807, 2.05) is 24.3 Å². The lowest BCUT2D eigenvalue weighted by atomic mass is 10.1. The van der Waals surface area contributed by atoms with Crippen molar-refractivity contribution in [3.63, 3.8) is 0 Å². The second kappa shape index (κ2) is 7.58. The quantitative estimate of drug-likeness (QED) is 0.285. The maximum Gasteiger partial charge on any atom is 0.433 e. The van der Waals surface area contributed by atoms with Crippen molar-refractivity contribution in [3.8, 4) is 12.3 Å². The topological polar surface area (TPSA) is 62.5 Å². The Bertz CT molecular complexity index is 915. The number of benzene rings is 1. The van der Waals surface area contributed by atoms with Crippen LogP contribution in [0.1, 0.15) is 16.8 Å². The predicted molar refractivity (Wildman–Crippen MR) is 95.4 cm³/mol. The van der Waals surface area contributed by atoms with Crippen LogP contribution >= 0.6 is 11.8 Å². The first-order chi connectivity index (χ1) is 12.5. The minimum Gasteiger partial charge on any atom is -0.278 e. The number of aliphatic imine (C=N–C) groups is 1. The van der Waals surface area contributed by atoms with Gasteiger partial charge in [-0.05, 0) is 5.56 Å². The van der Waals surface area contributed by atoms with Crippen molar-refractivity contribution in [2.75, 3.05) is 11.2 Å². The smallest absolute Gasteiger partial charge is 0.278 e. The van der Waals surface area contributed by atoms with Crippen LogP contribution in [0.25, 0.3) is 0 Å². The summed E-state index contributed by atoms with van der Waals surface area (Å²) < 4.78 is 38.9. The Kier molecular flexibility index (Phi) is 5.23. The van der Waals surface area contributed by atoms with Gasteiger partial charge in [-0.25, -0.2) is 9.97 Å². The molecule has 2 heterocycles. The van der Waals surface area contributed by atoms with E-state index in [0.717, 1.165) is 29.0 Å². The van der Waals surface area contributed by atoms with Crippen LogP contribution in [0.3, 0.4) is 0 Å². The van der Waals surface area contributed by atoms with Crippen LogP contribution in [-0.4, -0.2) is 27.6 Å². The first kappa shape index (κ1) is 17.9. The molecule has 0 aliphatic carbocycles. The number of alkyl halides is 3. The highest BCUT2D eigenvalue weighted by Crippen LogP contribution is 2.30. The van der Waals surface area contributed by atoms with Gasteiger partial charge in [0.05, 0.1) is 24.2 Å². The zero-order valence-electron chi connectivity index (χ0n) is 13.3. The lowest BCUT2D eigenvalue weighted by Crippen LogP contribution is -2.11. The molecule has 0 spiro atoms. The van der Waals surface area contributed by atoms with E-state index in [4.69, 9.17) is 6.42 Å². The van der Waals surface area contributed by atoms with E-state index in [9.17, 15) is 13.2 Å². The lowest BCUT2D eigenvalue weighted by Gasteiger charge is -2.09. The third-order valence-electron chi connectivity index (χ3n) is 3.36. The number of rotatable bonds is 5. The third kappa shape index (κ3) is 4.21. The van der Waals surface area contributed by atoms with Crippen LogP contribution in [-0.2, 0) is 12.7 Å². The van der Waals surface area contributed by atoms with Gasteiger partial charge in [0, 0.05) is 11.6 Å². The molecular formula is C17H12F3N5S. The number of nitrogens with one attached hydrogen (secondary N) is 1. The Morgan fingerprint density at radius 1 is 1.31 bits per heavy atom. The molecule has 1 aromatic heterocycles. The monoisotopic (exact) mass is 375 g/mol. The van der Waals surface area contributed by atoms with Gasteiger partial charge in [0.15, 0.2) is 16.7 Å². The molecule has 2 aromatic rings. The van der Waals surface area contributed by atoms with Gasteiger partial charge >= 0.3 is 6.18 Å². The predicted octanol–water partition coefficient (Wildman–Crippen LogP) is 3.62. The Hall–Kier alpha value is -2.86. The minimum atomic E-state index is -4.59. The highest BCUT2D eigenvalue weighted by molar-refractivity contribution is 7.99. The average molecular weight is 375 g/mol. The maximum absolute atomic E-state index is 13.0. The van der Waals surface area contributed by atoms with E-state index in [1.54, 1.807) is 0 Å². The number of halogens is 3. The largest absolute Gasteiger partial charge is 0.433 e. The summed E-state index contributed by atoms with van der Waals surface area (Å²) in [6, 6.07) is 8.47. The molecule has 9 heteroatoms. The van der Waals surface area contributed by atoms with Crippen molar-refractivity contribution in [3.05, 3.63) is 47.2 Å². The van der Waals surface area contributed by atoms with E-state index in [1.165, 1.54) is 6.21 Å². The Balaban J connectivity index is 1.78. The van der Waals surface area contributed by atoms with Crippen molar-refractivity contribution in [1.82, 2.24) is 9.97 Å². The number of fused-ring (bicyclic) bond motifs is 1. The maximum atomic E-state index is 13.0. The van der Waals surface area contributed by atoms with Gasteiger partial charge in [-0.2, -0.15) is 18.3 Å². The van der Waals surface area contributed by atoms with Crippen molar-refractivity contribution >= 4 is 29.5 Å². The van der Waals surface area contributed by atoms with Crippen molar-refractivity contribution in [2.24, 2.45) is 10.1 Å². The number of hydrogen-bond acceptors (Lipinski definition) is 6. The standard InChI is InChI=1S/C17H12F3N5S/c1-2-7-26-16-23-14(17(18,19)20)8-15(24-16)25-22-10-13-12-6-4-3-5-11(12)9-21-13/h1,3-6,8,10H,7,9H2,(H,23,24,25). The molecule has 0 saturated heterocycles. The summed E-state index contributed by atoms with van der Waals surface area (Å²) in [5.41, 5.74) is 4.11. The fourth-order valence-electron chi connectivity index (χ4n) is 2.23. The molecule has 0 unspecified atom stereocenters. The SMILES string of the molecule is C#CCSc1nc(NN=CC2=NCc3ccccc32)cc(C(F)(F)F)n1. The number of hydrazone groups is 1. The van der Waals surface area contributed by atoms with Gasteiger partial charge in [0.1, 0.15) is 0 Å². The third-order valence-corrected chi connectivity index (χ3v) is 4.11. The van der Waals surface area contributed by atoms with Crippen LogP contribution in [0.15, 0.2) is 45.6 Å². The molecule has 0 saturated carbocycles. The number of hydrogen-bond donors (Lipinski definition) is 1. The van der Waals surface area contributed by atoms with Crippen LogP contribution in [0, 0.1) is 12.3 Å². The Morgan fingerprint density at radius 2 is 2.12 bits per heavy atom. The van der Waals surface area contributed by atoms with Crippen LogP contribution < -0.4 is 5.43 Å². The summed E-state index contributed by atoms with van der Waals surface area (Å²) in [5, 5.41) is 3.88. The molecule has 3 rings (SSSR count). The Labute approximate surface area is 151 Å². The van der Waals surface area contributed by atoms with E-state index < -0.39 is 11.9 Å². The molecule has 0 fully saturated rings. The zero-order valence-corrected chi connectivity index (χ0v) is 14.1. The molecule has 1 aliphatic heterocycles. The fourth-order valence-corrected chi connectivity index (χ4v) is 2.77. The highest BCUT2D eigenvalue weighted by atomic mass is 32.2. The number of anilines is 1. The number of aromatic nitrogens is 2. The first-order valence-corrected chi connectivity index (χ1v) is 8.40. The van der Waals surface area contributed by atoms with E-state index >= 15 is 0 Å². The van der Waals surface area contributed by atoms with Gasteiger partial charge in [0.2, 0.25) is 0 Å². The summed E-state index contributed by atoms with van der Waals surface area (Å²) in [6.45, 7) is 0.552. The van der Waals surface area contributed by atoms with Gasteiger partial charge < -0.3 is 0 Å². The molecular weight excluding hydrogens is 363 g/mol. The van der Waals surface area contributed by atoms with Crippen molar-refractivity contribution in [2.45, 2.75) is 17.9 Å². The summed E-state index contributed by atoms with van der Waals surface area (Å²) in [7, 11) is 0. The summed E-state index contributed by atoms with van der Waals surface area (Å²) in [6.07, 6.45) is 1.99. The zero-order chi connectivity index (χ0) is 18.6. The molecule has 132 valence electrons. The highest BCUT2D eigenvalue weighted by Gasteiger charge is 2.33. The van der Waals surface area contributed by atoms with Crippen LogP contribution in [0.5, 0.6) is 0 Å². The second-order valence-electron chi connectivity index (χ2n) is 5.14. The molecule has 1 N–H and O–H groups in total. The van der Waals surface area contributed by atoms with Gasteiger partial charge in [-0.1, -0.05) is 41.9 Å². The van der Waals surface area contributed by atoms with Gasteiger partial charge in [-0.15, -0.1) is 6.42 Å². The number of terminal acetylenes is 1. The lowest BCUT2D eigenvalue weighted by molar-refractivity contribution is -0.141. The van der Waals surface area contributed by atoms with E-state index in [-0.39, 0.29) is 16.7 Å². The summed E-state index contributed by atoms with van der Waals surface area (Å²) in [4.78, 5) is 11.8. The molecule has 1 aromatic carbocycles. The summed E-state index contributed by atoms with van der Waals surface area (Å²) in [5.74, 6) is 2.41. The van der Waals surface area contributed by atoms with Crippen LogP contribution in [0.4, 0.5) is 19.0 Å². The fraction of sp³-hybridized carbons (Fsp3) is 0.176. The van der Waals surface area contributed by atoms with E-state index in [2.05, 4.69) is 31.4 Å². The molecule has 0 bridgehead atoms. The van der Waals surface area contributed by atoms with Gasteiger partial charge in [0.25, 0.3) is 0 Å². The van der Waals surface area contributed by atoms with E-state index in [0.29, 0.717) is 12.3 Å². The normalized spacial score (nSPS) is 13.4. The van der Waals surface area contributed by atoms with Crippen molar-refractivity contribution in [1.29, 1.82) is 0 Å². The molecule has 26 heavy (non-hydrogen) atoms. The summed E-state index contributed by atoms with van der Waals surface area (Å²) >= 11 is 0.940. The number of thioether (sulfide) groups is 1. The number of nitrogens with zero attached hydrogens (tertiary/aromatic N) is 4. The Morgan fingerprint density at radius 3 is 2.88 bits per heavy atom. The molecule has 0 radical (unpaired) electrons. The van der Waals surface area contributed by atoms with Gasteiger partial charge in [-0.3, -0.25) is 10.4 Å². The molecule has 1 aliphatic rings. The minimum absolute atomic E-state index is 0.0703. The molecule has 5 nitrogen and oxygen atoms in total.